The van der Waals surface area contributed by atoms with Crippen LogP contribution in [0.1, 0.15) is 23.2 Å². The molecular formula is C16H24ClN3O3. The molecule has 1 aliphatic heterocycles. The van der Waals surface area contributed by atoms with Crippen molar-refractivity contribution in [3.05, 3.63) is 29.8 Å². The van der Waals surface area contributed by atoms with E-state index in [4.69, 9.17) is 10.5 Å². The van der Waals surface area contributed by atoms with Gasteiger partial charge in [-0.15, -0.1) is 12.4 Å². The van der Waals surface area contributed by atoms with E-state index < -0.39 is 0 Å². The molecule has 2 amide bonds. The third-order valence-corrected chi connectivity index (χ3v) is 3.84. The molecule has 1 heterocycles. The number of nitrogens with zero attached hydrogens (tertiary/aromatic N) is 1. The van der Waals surface area contributed by atoms with Gasteiger partial charge in [-0.1, -0.05) is 6.07 Å². The summed E-state index contributed by atoms with van der Waals surface area (Å²) in [5.41, 5.74) is 5.98. The molecule has 23 heavy (non-hydrogen) atoms. The zero-order valence-electron chi connectivity index (χ0n) is 13.3. The molecule has 1 unspecified atom stereocenters. The number of halogens is 1. The van der Waals surface area contributed by atoms with E-state index in [-0.39, 0.29) is 30.1 Å². The number of carbonyl (C=O) groups excluding carboxylic acids is 2. The second-order valence-corrected chi connectivity index (χ2v) is 5.40. The molecule has 0 aliphatic carbocycles. The predicted octanol–water partition coefficient (Wildman–Crippen LogP) is 1.04. The van der Waals surface area contributed by atoms with Gasteiger partial charge in [0.05, 0.1) is 13.0 Å². The molecule has 1 atom stereocenters. The lowest BCUT2D eigenvalue weighted by molar-refractivity contribution is -0.126. The summed E-state index contributed by atoms with van der Waals surface area (Å²) in [6.07, 6.45) is 1.63. The van der Waals surface area contributed by atoms with E-state index in [1.54, 1.807) is 36.3 Å². The number of benzene rings is 1. The van der Waals surface area contributed by atoms with Crippen molar-refractivity contribution in [1.82, 2.24) is 10.2 Å². The second-order valence-electron chi connectivity index (χ2n) is 5.40. The Morgan fingerprint density at radius 1 is 1.43 bits per heavy atom. The van der Waals surface area contributed by atoms with Gasteiger partial charge in [0.1, 0.15) is 5.75 Å². The molecule has 2 rings (SSSR count). The highest BCUT2D eigenvalue weighted by Gasteiger charge is 2.28. The lowest BCUT2D eigenvalue weighted by atomic mass is 9.96. The topological polar surface area (TPSA) is 84.7 Å². The lowest BCUT2D eigenvalue weighted by Gasteiger charge is -2.32. The average molecular weight is 342 g/mol. The van der Waals surface area contributed by atoms with Crippen LogP contribution in [-0.2, 0) is 4.79 Å². The SMILES string of the molecule is COc1cccc(C(=O)N2CCCC(C(=O)NCCN)C2)c1.Cl. The number of nitrogens with two attached hydrogens (primary N) is 1. The van der Waals surface area contributed by atoms with Crippen LogP contribution >= 0.6 is 12.4 Å². The normalized spacial score (nSPS) is 17.1. The van der Waals surface area contributed by atoms with Gasteiger partial charge < -0.3 is 20.7 Å². The van der Waals surface area contributed by atoms with Crippen LogP contribution in [0.4, 0.5) is 0 Å². The van der Waals surface area contributed by atoms with Crippen LogP contribution in [0, 0.1) is 5.92 Å². The highest BCUT2D eigenvalue weighted by molar-refractivity contribution is 5.95. The quantitative estimate of drug-likeness (QED) is 0.838. The zero-order valence-corrected chi connectivity index (χ0v) is 14.1. The van der Waals surface area contributed by atoms with Crippen LogP contribution < -0.4 is 15.8 Å². The molecule has 1 aromatic carbocycles. The van der Waals surface area contributed by atoms with Crippen molar-refractivity contribution in [3.63, 3.8) is 0 Å². The van der Waals surface area contributed by atoms with Gasteiger partial charge in [-0.25, -0.2) is 0 Å². The highest BCUT2D eigenvalue weighted by atomic mass is 35.5. The van der Waals surface area contributed by atoms with E-state index in [1.807, 2.05) is 0 Å². The number of nitrogens with one attached hydrogen (secondary N) is 1. The number of carbonyl (C=O) groups is 2. The number of hydrogen-bond acceptors (Lipinski definition) is 4. The van der Waals surface area contributed by atoms with Crippen LogP contribution in [0.25, 0.3) is 0 Å². The molecule has 3 N–H and O–H groups in total. The monoisotopic (exact) mass is 341 g/mol. The predicted molar refractivity (Wildman–Crippen MR) is 90.9 cm³/mol. The standard InChI is InChI=1S/C16H23N3O3.ClH/c1-22-14-6-2-4-12(10-14)16(21)19-9-3-5-13(11-19)15(20)18-8-7-17;/h2,4,6,10,13H,3,5,7-9,11,17H2,1H3,(H,18,20);1H. The van der Waals surface area contributed by atoms with E-state index in [1.165, 1.54) is 0 Å². The smallest absolute Gasteiger partial charge is 0.254 e. The van der Waals surface area contributed by atoms with Crippen molar-refractivity contribution in [3.8, 4) is 5.75 Å². The van der Waals surface area contributed by atoms with Gasteiger partial charge in [0.2, 0.25) is 5.91 Å². The van der Waals surface area contributed by atoms with Gasteiger partial charge >= 0.3 is 0 Å². The minimum absolute atomic E-state index is 0. The second kappa shape index (κ2) is 9.37. The molecular weight excluding hydrogens is 318 g/mol. The molecule has 7 heteroatoms. The third-order valence-electron chi connectivity index (χ3n) is 3.84. The molecule has 1 aliphatic rings. The van der Waals surface area contributed by atoms with Gasteiger partial charge in [0.25, 0.3) is 5.91 Å². The maximum absolute atomic E-state index is 12.6. The van der Waals surface area contributed by atoms with Crippen molar-refractivity contribution in [1.29, 1.82) is 0 Å². The van der Waals surface area contributed by atoms with Gasteiger partial charge in [0, 0.05) is 31.7 Å². The first-order chi connectivity index (χ1) is 10.7. The van der Waals surface area contributed by atoms with Crippen LogP contribution in [0.2, 0.25) is 0 Å². The zero-order chi connectivity index (χ0) is 15.9. The summed E-state index contributed by atoms with van der Waals surface area (Å²) in [7, 11) is 1.57. The first-order valence-electron chi connectivity index (χ1n) is 7.57. The minimum atomic E-state index is -0.158. The van der Waals surface area contributed by atoms with Gasteiger partial charge in [-0.2, -0.15) is 0 Å². The van der Waals surface area contributed by atoms with Crippen LogP contribution in [0.15, 0.2) is 24.3 Å². The fraction of sp³-hybridized carbons (Fsp3) is 0.500. The number of hydrogen-bond donors (Lipinski definition) is 2. The molecule has 1 aromatic rings. The van der Waals surface area contributed by atoms with Gasteiger partial charge in [-0.3, -0.25) is 9.59 Å². The Morgan fingerprint density at radius 2 is 2.22 bits per heavy atom. The van der Waals surface area contributed by atoms with Crippen molar-refractivity contribution >= 4 is 24.2 Å². The summed E-state index contributed by atoms with van der Waals surface area (Å²) in [6.45, 7) is 2.02. The number of methoxy groups -OCH3 is 1. The van der Waals surface area contributed by atoms with E-state index in [0.29, 0.717) is 37.5 Å². The number of amides is 2. The number of rotatable bonds is 5. The summed E-state index contributed by atoms with van der Waals surface area (Å²) < 4.78 is 5.15. The van der Waals surface area contributed by atoms with Gasteiger partial charge in [0.15, 0.2) is 0 Å². The molecule has 0 saturated carbocycles. The molecule has 0 aromatic heterocycles. The first kappa shape index (κ1) is 19.3. The Morgan fingerprint density at radius 3 is 2.91 bits per heavy atom. The Bertz CT molecular complexity index is 539. The van der Waals surface area contributed by atoms with E-state index in [9.17, 15) is 9.59 Å². The molecule has 6 nitrogen and oxygen atoms in total. The maximum Gasteiger partial charge on any atom is 0.254 e. The number of likely N-dealkylation sites (tertiary alicyclic amines) is 1. The van der Waals surface area contributed by atoms with Crippen LogP contribution in [-0.4, -0.2) is 50.0 Å². The van der Waals surface area contributed by atoms with Gasteiger partial charge in [-0.05, 0) is 31.0 Å². The van der Waals surface area contributed by atoms with E-state index in [0.717, 1.165) is 12.8 Å². The fourth-order valence-electron chi connectivity index (χ4n) is 2.65. The fourth-order valence-corrected chi connectivity index (χ4v) is 2.65. The van der Waals surface area contributed by atoms with Crippen LogP contribution in [0.5, 0.6) is 5.75 Å². The van der Waals surface area contributed by atoms with Crippen molar-refractivity contribution in [2.24, 2.45) is 11.7 Å². The average Bonchev–Trinajstić information content (AvgIpc) is 2.59. The van der Waals surface area contributed by atoms with Crippen molar-refractivity contribution in [2.75, 3.05) is 33.3 Å². The highest BCUT2D eigenvalue weighted by Crippen LogP contribution is 2.20. The molecule has 0 bridgehead atoms. The summed E-state index contributed by atoms with van der Waals surface area (Å²) in [4.78, 5) is 26.3. The Labute approximate surface area is 142 Å². The van der Waals surface area contributed by atoms with Crippen molar-refractivity contribution < 1.29 is 14.3 Å². The van der Waals surface area contributed by atoms with E-state index in [2.05, 4.69) is 5.32 Å². The lowest BCUT2D eigenvalue weighted by Crippen LogP contribution is -2.46. The summed E-state index contributed by atoms with van der Waals surface area (Å²) in [5, 5.41) is 2.80. The largest absolute Gasteiger partial charge is 0.497 e. The van der Waals surface area contributed by atoms with E-state index >= 15 is 0 Å². The minimum Gasteiger partial charge on any atom is -0.497 e. The Kier molecular flexibility index (Phi) is 7.85. The molecule has 0 radical (unpaired) electrons. The third kappa shape index (κ3) is 5.11. The summed E-state index contributed by atoms with van der Waals surface area (Å²) in [5.74, 6) is 0.416. The summed E-state index contributed by atoms with van der Waals surface area (Å²) in [6, 6.07) is 7.08. The summed E-state index contributed by atoms with van der Waals surface area (Å²) >= 11 is 0. The molecule has 0 spiro atoms. The maximum atomic E-state index is 12.6. The Hall–Kier alpha value is -1.79. The molecule has 1 fully saturated rings. The first-order valence-corrected chi connectivity index (χ1v) is 7.57. The Balaban J connectivity index is 0.00000264. The van der Waals surface area contributed by atoms with Crippen LogP contribution in [0.3, 0.4) is 0 Å². The number of ether oxygens (including phenoxy) is 1. The number of piperidine rings is 1. The molecule has 1 saturated heterocycles. The van der Waals surface area contributed by atoms with Crippen molar-refractivity contribution in [2.45, 2.75) is 12.8 Å². The molecule has 128 valence electrons.